The van der Waals surface area contributed by atoms with E-state index in [4.69, 9.17) is 4.74 Å². The molecule has 0 aromatic rings. The Balaban J connectivity index is 1.64. The third-order valence-corrected chi connectivity index (χ3v) is 4.57. The Morgan fingerprint density at radius 2 is 2.05 bits per heavy atom. The molecule has 2 rings (SSSR count). The molecule has 0 aromatic heterocycles. The molecule has 2 atom stereocenters. The molecule has 4 heteroatoms. The Kier molecular flexibility index (Phi) is 6.07. The van der Waals surface area contributed by atoms with Crippen molar-refractivity contribution in [1.29, 1.82) is 0 Å². The van der Waals surface area contributed by atoms with Gasteiger partial charge in [0, 0.05) is 38.3 Å². The fraction of sp³-hybridized carbons (Fsp3) is 1.00. The molecule has 0 aliphatic carbocycles. The Morgan fingerprint density at radius 1 is 1.21 bits per heavy atom. The lowest BCUT2D eigenvalue weighted by atomic mass is 10.0. The molecule has 0 bridgehead atoms. The molecule has 2 saturated heterocycles. The monoisotopic (exact) mass is 269 g/mol. The third kappa shape index (κ3) is 4.71. The van der Waals surface area contributed by atoms with Crippen LogP contribution in [0.15, 0.2) is 0 Å². The molecule has 2 fully saturated rings. The molecule has 4 nitrogen and oxygen atoms in total. The lowest BCUT2D eigenvalue weighted by Crippen LogP contribution is -2.50. The van der Waals surface area contributed by atoms with Crippen molar-refractivity contribution in [2.45, 2.75) is 51.3 Å². The van der Waals surface area contributed by atoms with E-state index in [1.54, 1.807) is 0 Å². The minimum Gasteiger partial charge on any atom is -0.374 e. The Hall–Kier alpha value is -0.160. The number of ether oxygens (including phenoxy) is 1. The summed E-state index contributed by atoms with van der Waals surface area (Å²) in [5.74, 6) is 0. The highest BCUT2D eigenvalue weighted by Gasteiger charge is 2.23. The second-order valence-electron chi connectivity index (χ2n) is 6.37. The first-order valence-electron chi connectivity index (χ1n) is 7.93. The van der Waals surface area contributed by atoms with Crippen molar-refractivity contribution in [3.05, 3.63) is 0 Å². The van der Waals surface area contributed by atoms with Crippen LogP contribution in [0.5, 0.6) is 0 Å². The maximum atomic E-state index is 5.86. The molecule has 0 amide bonds. The lowest BCUT2D eigenvalue weighted by molar-refractivity contribution is -0.0376. The Labute approximate surface area is 118 Å². The van der Waals surface area contributed by atoms with Gasteiger partial charge >= 0.3 is 0 Å². The largest absolute Gasteiger partial charge is 0.374 e. The zero-order valence-corrected chi connectivity index (χ0v) is 12.9. The molecular formula is C15H31N3O. The highest BCUT2D eigenvalue weighted by molar-refractivity contribution is 4.79. The van der Waals surface area contributed by atoms with Gasteiger partial charge in [-0.3, -0.25) is 4.90 Å². The summed E-state index contributed by atoms with van der Waals surface area (Å²) in [6.07, 6.45) is 4.46. The second kappa shape index (κ2) is 7.58. The van der Waals surface area contributed by atoms with Crippen LogP contribution in [0.25, 0.3) is 0 Å². The molecule has 2 unspecified atom stereocenters. The lowest BCUT2D eigenvalue weighted by Gasteiger charge is -2.36. The zero-order valence-electron chi connectivity index (χ0n) is 12.9. The SMILES string of the molecule is CC(C)N1CCOC(CNCC2CCCCN2C)C1. The van der Waals surface area contributed by atoms with Crippen molar-refractivity contribution in [3.63, 3.8) is 0 Å². The van der Waals surface area contributed by atoms with Crippen LogP contribution in [0.1, 0.15) is 33.1 Å². The molecule has 112 valence electrons. The van der Waals surface area contributed by atoms with E-state index >= 15 is 0 Å². The summed E-state index contributed by atoms with van der Waals surface area (Å²) < 4.78 is 5.86. The van der Waals surface area contributed by atoms with E-state index in [2.05, 4.69) is 36.0 Å². The van der Waals surface area contributed by atoms with Gasteiger partial charge in [-0.15, -0.1) is 0 Å². The van der Waals surface area contributed by atoms with Crippen molar-refractivity contribution in [3.8, 4) is 0 Å². The number of hydrogen-bond donors (Lipinski definition) is 1. The smallest absolute Gasteiger partial charge is 0.0826 e. The highest BCUT2D eigenvalue weighted by Crippen LogP contribution is 2.14. The molecule has 1 N–H and O–H groups in total. The predicted molar refractivity (Wildman–Crippen MR) is 79.6 cm³/mol. The van der Waals surface area contributed by atoms with Gasteiger partial charge in [-0.05, 0) is 40.3 Å². The van der Waals surface area contributed by atoms with E-state index in [1.807, 2.05) is 0 Å². The van der Waals surface area contributed by atoms with Crippen molar-refractivity contribution in [1.82, 2.24) is 15.1 Å². The Morgan fingerprint density at radius 3 is 2.79 bits per heavy atom. The van der Waals surface area contributed by atoms with E-state index in [0.29, 0.717) is 12.1 Å². The Bertz CT molecular complexity index is 260. The van der Waals surface area contributed by atoms with Gasteiger partial charge in [0.05, 0.1) is 12.7 Å². The van der Waals surface area contributed by atoms with Crippen LogP contribution in [0.4, 0.5) is 0 Å². The highest BCUT2D eigenvalue weighted by atomic mass is 16.5. The topological polar surface area (TPSA) is 27.7 Å². The molecule has 2 aliphatic rings. The number of morpholine rings is 1. The van der Waals surface area contributed by atoms with Crippen LogP contribution in [0.2, 0.25) is 0 Å². The summed E-state index contributed by atoms with van der Waals surface area (Å²) in [7, 11) is 2.25. The molecule has 2 heterocycles. The molecule has 0 aromatic carbocycles. The number of likely N-dealkylation sites (tertiary alicyclic amines) is 1. The van der Waals surface area contributed by atoms with Gasteiger partial charge in [-0.1, -0.05) is 6.42 Å². The third-order valence-electron chi connectivity index (χ3n) is 4.57. The number of likely N-dealkylation sites (N-methyl/N-ethyl adjacent to an activating group) is 1. The van der Waals surface area contributed by atoms with Crippen molar-refractivity contribution >= 4 is 0 Å². The van der Waals surface area contributed by atoms with Crippen LogP contribution < -0.4 is 5.32 Å². The molecule has 19 heavy (non-hydrogen) atoms. The number of nitrogens with one attached hydrogen (secondary N) is 1. The summed E-state index contributed by atoms with van der Waals surface area (Å²) in [5, 5.41) is 3.62. The van der Waals surface area contributed by atoms with Crippen LogP contribution in [-0.2, 0) is 4.74 Å². The van der Waals surface area contributed by atoms with Crippen molar-refractivity contribution in [2.24, 2.45) is 0 Å². The van der Waals surface area contributed by atoms with Crippen molar-refractivity contribution < 1.29 is 4.74 Å². The molecule has 0 saturated carbocycles. The van der Waals surface area contributed by atoms with E-state index in [-0.39, 0.29) is 0 Å². The molecular weight excluding hydrogens is 238 g/mol. The number of rotatable bonds is 5. The van der Waals surface area contributed by atoms with Crippen molar-refractivity contribution in [2.75, 3.05) is 46.4 Å². The van der Waals surface area contributed by atoms with Crippen LogP contribution in [0, 0.1) is 0 Å². The van der Waals surface area contributed by atoms with Crippen LogP contribution in [0.3, 0.4) is 0 Å². The van der Waals surface area contributed by atoms with E-state index in [0.717, 1.165) is 38.8 Å². The minimum atomic E-state index is 0.366. The average molecular weight is 269 g/mol. The first kappa shape index (κ1) is 15.2. The van der Waals surface area contributed by atoms with Gasteiger partial charge in [0.1, 0.15) is 0 Å². The quantitative estimate of drug-likeness (QED) is 0.811. The van der Waals surface area contributed by atoms with Gasteiger partial charge < -0.3 is 15.0 Å². The van der Waals surface area contributed by atoms with Crippen LogP contribution >= 0.6 is 0 Å². The summed E-state index contributed by atoms with van der Waals surface area (Å²) in [6, 6.07) is 1.36. The summed E-state index contributed by atoms with van der Waals surface area (Å²) in [5.41, 5.74) is 0. The van der Waals surface area contributed by atoms with Gasteiger partial charge in [0.15, 0.2) is 0 Å². The van der Waals surface area contributed by atoms with Gasteiger partial charge in [0.25, 0.3) is 0 Å². The zero-order chi connectivity index (χ0) is 13.7. The fourth-order valence-electron chi connectivity index (χ4n) is 3.15. The first-order chi connectivity index (χ1) is 9.16. The van der Waals surface area contributed by atoms with Crippen LogP contribution in [-0.4, -0.2) is 74.4 Å². The summed E-state index contributed by atoms with van der Waals surface area (Å²) in [6.45, 7) is 10.9. The molecule has 2 aliphatic heterocycles. The number of nitrogens with zero attached hydrogens (tertiary/aromatic N) is 2. The minimum absolute atomic E-state index is 0.366. The second-order valence-corrected chi connectivity index (χ2v) is 6.37. The normalized spacial score (nSPS) is 30.9. The van der Waals surface area contributed by atoms with Gasteiger partial charge in [-0.2, -0.15) is 0 Å². The maximum Gasteiger partial charge on any atom is 0.0826 e. The molecule has 0 spiro atoms. The standard InChI is InChI=1S/C15H31N3O/c1-13(2)18-8-9-19-15(12-18)11-16-10-14-6-4-5-7-17(14)3/h13-16H,4-12H2,1-3H3. The van der Waals surface area contributed by atoms with E-state index in [1.165, 1.54) is 25.8 Å². The maximum absolute atomic E-state index is 5.86. The summed E-state index contributed by atoms with van der Waals surface area (Å²) >= 11 is 0. The van der Waals surface area contributed by atoms with E-state index < -0.39 is 0 Å². The van der Waals surface area contributed by atoms with Gasteiger partial charge in [-0.25, -0.2) is 0 Å². The van der Waals surface area contributed by atoms with Gasteiger partial charge in [0.2, 0.25) is 0 Å². The average Bonchev–Trinajstić information content (AvgIpc) is 2.41. The summed E-state index contributed by atoms with van der Waals surface area (Å²) in [4.78, 5) is 5.02. The number of piperidine rings is 1. The number of hydrogen-bond acceptors (Lipinski definition) is 4. The fourth-order valence-corrected chi connectivity index (χ4v) is 3.15. The molecule has 0 radical (unpaired) electrons. The first-order valence-corrected chi connectivity index (χ1v) is 7.93. The van der Waals surface area contributed by atoms with E-state index in [9.17, 15) is 0 Å². The predicted octanol–water partition coefficient (Wildman–Crippen LogP) is 1.17.